The Morgan fingerprint density at radius 2 is 1.67 bits per heavy atom. The van der Waals surface area contributed by atoms with Gasteiger partial charge in [-0.25, -0.2) is 4.39 Å². The van der Waals surface area contributed by atoms with E-state index in [0.29, 0.717) is 46.3 Å². The van der Waals surface area contributed by atoms with Gasteiger partial charge < -0.3 is 9.52 Å². The minimum absolute atomic E-state index is 0. The minimum Gasteiger partial charge on any atom is -0.455 e. The van der Waals surface area contributed by atoms with Crippen LogP contribution < -0.4 is 0 Å². The molecule has 0 spiro atoms. The molecule has 0 aliphatic heterocycles. The molecule has 0 atom stereocenters. The van der Waals surface area contributed by atoms with Gasteiger partial charge in [-0.1, -0.05) is 32.5 Å². The van der Waals surface area contributed by atoms with Crippen LogP contribution in [0.15, 0.2) is 65.1 Å². The number of Topliss-reactive ketones (excluding diaryl/α,β-unsaturated/α-hetero) is 2. The van der Waals surface area contributed by atoms with Crippen molar-refractivity contribution in [2.45, 2.75) is 47.0 Å². The summed E-state index contributed by atoms with van der Waals surface area (Å²) in [5.74, 6) is 0.0534. The topological polar surface area (TPSA) is 67.5 Å². The Bertz CT molecular complexity index is 1440. The monoisotopic (exact) mass is 486 g/mol. The van der Waals surface area contributed by atoms with Crippen molar-refractivity contribution in [1.82, 2.24) is 0 Å². The molecule has 36 heavy (non-hydrogen) atoms. The van der Waals surface area contributed by atoms with Crippen molar-refractivity contribution < 1.29 is 23.5 Å². The van der Waals surface area contributed by atoms with E-state index in [2.05, 4.69) is 0 Å². The zero-order valence-corrected chi connectivity index (χ0v) is 19.9. The van der Waals surface area contributed by atoms with Crippen molar-refractivity contribution in [3.05, 3.63) is 83.2 Å². The summed E-state index contributed by atoms with van der Waals surface area (Å²) in [4.78, 5) is 25.9. The molecular formula is C31H31FO4. The second kappa shape index (κ2) is 9.82. The number of furan rings is 1. The molecule has 0 saturated heterocycles. The first-order chi connectivity index (χ1) is 16.8. The normalized spacial score (nSPS) is 13.9. The molecule has 0 amide bonds. The first-order valence-corrected chi connectivity index (χ1v) is 11.9. The van der Waals surface area contributed by atoms with Crippen molar-refractivity contribution in [3.63, 3.8) is 0 Å². The number of hydrogen-bond donors (Lipinski definition) is 1. The first-order valence-electron chi connectivity index (χ1n) is 11.9. The lowest BCUT2D eigenvalue weighted by Gasteiger charge is -2.13. The van der Waals surface area contributed by atoms with Gasteiger partial charge in [0.05, 0.1) is 5.56 Å². The Labute approximate surface area is 210 Å². The van der Waals surface area contributed by atoms with E-state index in [1.165, 1.54) is 12.1 Å². The van der Waals surface area contributed by atoms with Crippen LogP contribution in [0.25, 0.3) is 33.4 Å². The summed E-state index contributed by atoms with van der Waals surface area (Å²) >= 11 is 0. The van der Waals surface area contributed by atoms with E-state index in [0.717, 1.165) is 29.5 Å². The lowest BCUT2D eigenvalue weighted by molar-refractivity contribution is 0.0921. The molecule has 0 unspecified atom stereocenters. The summed E-state index contributed by atoms with van der Waals surface area (Å²) in [6.07, 6.45) is 2.43. The van der Waals surface area contributed by atoms with Gasteiger partial charge in [-0.3, -0.25) is 9.59 Å². The second-order valence-corrected chi connectivity index (χ2v) is 9.59. The molecule has 4 nitrogen and oxygen atoms in total. The van der Waals surface area contributed by atoms with Crippen LogP contribution in [0.5, 0.6) is 0 Å². The number of halogens is 1. The summed E-state index contributed by atoms with van der Waals surface area (Å²) in [5.41, 5.74) is 4.87. The Morgan fingerprint density at radius 1 is 0.972 bits per heavy atom. The molecule has 1 N–H and O–H groups in total. The number of ketones is 2. The van der Waals surface area contributed by atoms with E-state index < -0.39 is 0 Å². The zero-order chi connectivity index (χ0) is 24.7. The fourth-order valence-electron chi connectivity index (χ4n) is 4.64. The van der Waals surface area contributed by atoms with Gasteiger partial charge in [-0.15, -0.1) is 0 Å². The van der Waals surface area contributed by atoms with Crippen LogP contribution in [-0.2, 0) is 0 Å². The minimum atomic E-state index is -0.355. The molecule has 1 aliphatic carbocycles. The van der Waals surface area contributed by atoms with Crippen LogP contribution >= 0.6 is 0 Å². The maximum atomic E-state index is 13.5. The van der Waals surface area contributed by atoms with Crippen LogP contribution in [0.2, 0.25) is 0 Å². The van der Waals surface area contributed by atoms with Crippen LogP contribution in [0.4, 0.5) is 4.39 Å². The molecule has 5 rings (SSSR count). The molecular weight excluding hydrogens is 455 g/mol. The van der Waals surface area contributed by atoms with E-state index in [1.807, 2.05) is 43.3 Å². The number of benzene rings is 3. The SMILES string of the molecule is C.CCC(=O)c1c(-c2ccc(F)cc2)oc2ccc(-c3cc(C(=O)CC4(CO)CC4)ccc3C)cc12. The van der Waals surface area contributed by atoms with Crippen LogP contribution in [0.3, 0.4) is 0 Å². The molecule has 0 radical (unpaired) electrons. The van der Waals surface area contributed by atoms with Gasteiger partial charge in [0.15, 0.2) is 11.6 Å². The van der Waals surface area contributed by atoms with E-state index in [4.69, 9.17) is 4.42 Å². The van der Waals surface area contributed by atoms with Gasteiger partial charge in [-0.05, 0) is 78.9 Å². The van der Waals surface area contributed by atoms with Crippen molar-refractivity contribution in [1.29, 1.82) is 0 Å². The number of aryl methyl sites for hydroxylation is 1. The molecule has 186 valence electrons. The maximum Gasteiger partial charge on any atom is 0.167 e. The molecule has 5 heteroatoms. The standard InChI is InChI=1S/C30H27FO4.CH4/c1-3-25(33)28-24-14-20(8-11-27(24)35-29(28)19-6-9-22(31)10-7-19)23-15-21(5-4-18(23)2)26(34)16-30(17-32)12-13-30;/h4-11,14-15,32H,3,12-13,16-17H2,1-2H3;1H4. The molecule has 1 heterocycles. The summed E-state index contributed by atoms with van der Waals surface area (Å²) in [6.45, 7) is 3.83. The fourth-order valence-corrected chi connectivity index (χ4v) is 4.64. The smallest absolute Gasteiger partial charge is 0.167 e. The van der Waals surface area contributed by atoms with E-state index in [-0.39, 0.29) is 36.8 Å². The highest BCUT2D eigenvalue weighted by molar-refractivity contribution is 6.12. The Hall–Kier alpha value is -3.57. The maximum absolute atomic E-state index is 13.5. The number of carbonyl (C=O) groups is 2. The van der Waals surface area contributed by atoms with E-state index >= 15 is 0 Å². The summed E-state index contributed by atoms with van der Waals surface area (Å²) < 4.78 is 19.6. The first kappa shape index (κ1) is 25.5. The number of aliphatic hydroxyl groups is 1. The third-order valence-corrected chi connectivity index (χ3v) is 7.09. The highest BCUT2D eigenvalue weighted by atomic mass is 19.1. The van der Waals surface area contributed by atoms with Crippen molar-refractivity contribution in [2.75, 3.05) is 6.61 Å². The third-order valence-electron chi connectivity index (χ3n) is 7.09. The van der Waals surface area contributed by atoms with Gasteiger partial charge in [0.25, 0.3) is 0 Å². The summed E-state index contributed by atoms with van der Waals surface area (Å²) in [5, 5.41) is 10.3. The van der Waals surface area contributed by atoms with Crippen LogP contribution in [0.1, 0.15) is 66.3 Å². The highest BCUT2D eigenvalue weighted by Gasteiger charge is 2.43. The predicted octanol–water partition coefficient (Wildman–Crippen LogP) is 7.79. The fraction of sp³-hybridized carbons (Fsp3) is 0.290. The quantitative estimate of drug-likeness (QED) is 0.258. The Balaban J connectivity index is 0.00000304. The molecule has 0 bridgehead atoms. The number of fused-ring (bicyclic) bond motifs is 1. The average Bonchev–Trinajstić information content (AvgIpc) is 3.54. The molecule has 1 fully saturated rings. The number of hydrogen-bond acceptors (Lipinski definition) is 4. The number of carbonyl (C=O) groups excluding carboxylic acids is 2. The van der Waals surface area contributed by atoms with Gasteiger partial charge in [-0.2, -0.15) is 0 Å². The van der Waals surface area contributed by atoms with E-state index in [1.54, 1.807) is 19.1 Å². The lowest BCUT2D eigenvalue weighted by Crippen LogP contribution is -2.13. The summed E-state index contributed by atoms with van der Waals surface area (Å²) in [7, 11) is 0. The molecule has 1 aromatic heterocycles. The zero-order valence-electron chi connectivity index (χ0n) is 19.9. The van der Waals surface area contributed by atoms with Gasteiger partial charge in [0, 0.05) is 41.4 Å². The van der Waals surface area contributed by atoms with Crippen molar-refractivity contribution in [2.24, 2.45) is 5.41 Å². The highest BCUT2D eigenvalue weighted by Crippen LogP contribution is 2.49. The molecule has 1 saturated carbocycles. The molecule has 1 aliphatic rings. The average molecular weight is 487 g/mol. The van der Waals surface area contributed by atoms with Gasteiger partial charge in [0.2, 0.25) is 0 Å². The van der Waals surface area contributed by atoms with Gasteiger partial charge >= 0.3 is 0 Å². The van der Waals surface area contributed by atoms with E-state index in [9.17, 15) is 19.1 Å². The molecule has 3 aromatic carbocycles. The molecule has 4 aromatic rings. The number of rotatable bonds is 8. The van der Waals surface area contributed by atoms with Crippen molar-refractivity contribution in [3.8, 4) is 22.5 Å². The summed E-state index contributed by atoms with van der Waals surface area (Å²) in [6, 6.07) is 17.3. The Morgan fingerprint density at radius 3 is 2.31 bits per heavy atom. The number of aliphatic hydroxyl groups excluding tert-OH is 1. The largest absolute Gasteiger partial charge is 0.455 e. The van der Waals surface area contributed by atoms with Crippen LogP contribution in [-0.4, -0.2) is 23.3 Å². The second-order valence-electron chi connectivity index (χ2n) is 9.59. The third kappa shape index (κ3) is 4.63. The van der Waals surface area contributed by atoms with Gasteiger partial charge in [0.1, 0.15) is 17.2 Å². The van der Waals surface area contributed by atoms with Crippen molar-refractivity contribution >= 4 is 22.5 Å². The predicted molar refractivity (Wildman–Crippen MR) is 141 cm³/mol. The lowest BCUT2D eigenvalue weighted by atomic mass is 9.91. The Kier molecular flexibility index (Phi) is 6.96. The van der Waals surface area contributed by atoms with Crippen LogP contribution in [0, 0.1) is 18.2 Å².